The van der Waals surface area contributed by atoms with E-state index >= 15 is 0 Å². The fourth-order valence-corrected chi connectivity index (χ4v) is 2.90. The monoisotopic (exact) mass is 164 g/mol. The summed E-state index contributed by atoms with van der Waals surface area (Å²) in [6.45, 7) is 9.34. The van der Waals surface area contributed by atoms with Crippen LogP contribution in [0.3, 0.4) is 0 Å². The van der Waals surface area contributed by atoms with Crippen LogP contribution in [0.4, 0.5) is 0 Å². The van der Waals surface area contributed by atoms with Crippen molar-refractivity contribution in [2.45, 2.75) is 19.4 Å². The van der Waals surface area contributed by atoms with Gasteiger partial charge < -0.3 is 0 Å². The standard InChI is InChI=1S/C8H21OP/c1-6-8(9-2)7-10(3,4)5/h8,10H,6-7H2,1-5H3. The normalized spacial score (nSPS) is 16.9. The molecule has 0 aromatic rings. The van der Waals surface area contributed by atoms with E-state index in [9.17, 15) is 0 Å². The number of ether oxygens (including phenoxy) is 1. The van der Waals surface area contributed by atoms with Gasteiger partial charge in [0.25, 0.3) is 0 Å². The van der Waals surface area contributed by atoms with Crippen molar-refractivity contribution in [1.82, 2.24) is 0 Å². The fourth-order valence-electron chi connectivity index (χ4n) is 1.08. The van der Waals surface area contributed by atoms with Crippen molar-refractivity contribution >= 4 is 7.26 Å². The van der Waals surface area contributed by atoms with Crippen LogP contribution in [0.25, 0.3) is 0 Å². The molecule has 0 rings (SSSR count). The van der Waals surface area contributed by atoms with Crippen LogP contribution in [-0.2, 0) is 4.74 Å². The molecule has 1 atom stereocenters. The summed E-state index contributed by atoms with van der Waals surface area (Å²) in [5.74, 6) is 0. The number of hydrogen-bond acceptors (Lipinski definition) is 1. The Balaban J connectivity index is 3.63. The molecule has 0 amide bonds. The molecule has 0 aromatic carbocycles. The van der Waals surface area contributed by atoms with Crippen LogP contribution in [-0.4, -0.2) is 39.4 Å². The van der Waals surface area contributed by atoms with E-state index in [1.54, 1.807) is 0 Å². The fraction of sp³-hybridized carbons (Fsp3) is 1.00. The summed E-state index contributed by atoms with van der Waals surface area (Å²) in [7, 11) is 0.927. The Morgan fingerprint density at radius 3 is 1.90 bits per heavy atom. The van der Waals surface area contributed by atoms with Crippen LogP contribution in [0, 0.1) is 0 Å². The summed E-state index contributed by atoms with van der Waals surface area (Å²) in [4.78, 5) is 0. The van der Waals surface area contributed by atoms with Gasteiger partial charge in [-0.3, -0.25) is 0 Å². The summed E-state index contributed by atoms with van der Waals surface area (Å²) < 4.78 is 5.31. The van der Waals surface area contributed by atoms with Crippen molar-refractivity contribution in [2.24, 2.45) is 0 Å². The van der Waals surface area contributed by atoms with Crippen LogP contribution in [0.15, 0.2) is 0 Å². The summed E-state index contributed by atoms with van der Waals surface area (Å²) >= 11 is 0. The topological polar surface area (TPSA) is 9.23 Å². The third-order valence-electron chi connectivity index (χ3n) is 1.63. The maximum atomic E-state index is 5.31. The third kappa shape index (κ3) is 5.20. The van der Waals surface area contributed by atoms with Gasteiger partial charge >= 0.3 is 64.7 Å². The summed E-state index contributed by atoms with van der Waals surface area (Å²) in [6, 6.07) is 0. The Morgan fingerprint density at radius 2 is 1.80 bits per heavy atom. The van der Waals surface area contributed by atoms with Crippen molar-refractivity contribution < 1.29 is 4.74 Å². The molecule has 0 spiro atoms. The molecule has 0 aliphatic heterocycles. The quantitative estimate of drug-likeness (QED) is 0.578. The van der Waals surface area contributed by atoms with Gasteiger partial charge in [0.2, 0.25) is 0 Å². The van der Waals surface area contributed by atoms with Crippen molar-refractivity contribution in [2.75, 3.05) is 33.3 Å². The Hall–Kier alpha value is 0.390. The first-order valence-electron chi connectivity index (χ1n) is 4.02. The van der Waals surface area contributed by atoms with E-state index in [0.717, 1.165) is 6.42 Å². The van der Waals surface area contributed by atoms with Crippen molar-refractivity contribution in [1.29, 1.82) is 0 Å². The van der Waals surface area contributed by atoms with Crippen LogP contribution in [0.2, 0.25) is 0 Å². The predicted molar refractivity (Wildman–Crippen MR) is 52.0 cm³/mol. The van der Waals surface area contributed by atoms with Gasteiger partial charge in [-0.15, -0.1) is 0 Å². The SMILES string of the molecule is CCC(C[PH](C)(C)C)OC. The van der Waals surface area contributed by atoms with E-state index < -0.39 is 7.26 Å². The first kappa shape index (κ1) is 10.4. The zero-order valence-corrected chi connectivity index (χ0v) is 8.90. The molecule has 1 unspecified atom stereocenters. The zero-order valence-electron chi connectivity index (χ0n) is 7.90. The van der Waals surface area contributed by atoms with Gasteiger partial charge in [0, 0.05) is 0 Å². The zero-order chi connectivity index (χ0) is 8.20. The molecule has 10 heavy (non-hydrogen) atoms. The van der Waals surface area contributed by atoms with Gasteiger partial charge in [0.05, 0.1) is 0 Å². The number of methoxy groups -OCH3 is 1. The summed E-state index contributed by atoms with van der Waals surface area (Å²) in [5, 5.41) is 0. The van der Waals surface area contributed by atoms with Gasteiger partial charge in [0.15, 0.2) is 0 Å². The van der Waals surface area contributed by atoms with E-state index in [4.69, 9.17) is 4.74 Å². The molecule has 1 nitrogen and oxygen atoms in total. The molecule has 0 heterocycles. The predicted octanol–water partition coefficient (Wildman–Crippen LogP) is 2.05. The molecular formula is C8H21OP. The maximum absolute atomic E-state index is 5.31. The number of rotatable bonds is 4. The molecule has 0 radical (unpaired) electrons. The minimum absolute atomic E-state index is 0.506. The number of hydrogen-bond donors (Lipinski definition) is 0. The summed E-state index contributed by atoms with van der Waals surface area (Å²) in [6.07, 6.45) is 2.95. The molecule has 0 aliphatic carbocycles. The van der Waals surface area contributed by atoms with E-state index in [0.29, 0.717) is 6.10 Å². The van der Waals surface area contributed by atoms with Crippen molar-refractivity contribution in [3.63, 3.8) is 0 Å². The first-order chi connectivity index (χ1) is 4.49. The van der Waals surface area contributed by atoms with Crippen molar-refractivity contribution in [3.8, 4) is 0 Å². The van der Waals surface area contributed by atoms with Crippen LogP contribution >= 0.6 is 7.26 Å². The Bertz CT molecular complexity index is 81.7. The summed E-state index contributed by atoms with van der Waals surface area (Å²) in [5.41, 5.74) is 0. The van der Waals surface area contributed by atoms with Crippen molar-refractivity contribution in [3.05, 3.63) is 0 Å². The van der Waals surface area contributed by atoms with Gasteiger partial charge in [-0.2, -0.15) is 0 Å². The molecule has 0 bridgehead atoms. The molecule has 64 valence electrons. The van der Waals surface area contributed by atoms with E-state index in [-0.39, 0.29) is 0 Å². The Labute approximate surface area is 65.5 Å². The van der Waals surface area contributed by atoms with Crippen LogP contribution < -0.4 is 0 Å². The second-order valence-electron chi connectivity index (χ2n) is 4.03. The van der Waals surface area contributed by atoms with Crippen LogP contribution in [0.5, 0.6) is 0 Å². The van der Waals surface area contributed by atoms with Gasteiger partial charge in [-0.05, 0) is 0 Å². The molecule has 0 saturated carbocycles. The van der Waals surface area contributed by atoms with E-state index in [1.807, 2.05) is 7.11 Å². The molecule has 0 fully saturated rings. The average molecular weight is 164 g/mol. The second kappa shape index (κ2) is 4.31. The average Bonchev–Trinajstić information content (AvgIpc) is 1.81. The van der Waals surface area contributed by atoms with E-state index in [2.05, 4.69) is 26.9 Å². The molecular weight excluding hydrogens is 143 g/mol. The van der Waals surface area contributed by atoms with Gasteiger partial charge in [-0.25, -0.2) is 0 Å². The third-order valence-corrected chi connectivity index (χ3v) is 3.31. The van der Waals surface area contributed by atoms with E-state index in [1.165, 1.54) is 6.16 Å². The molecule has 0 aliphatic rings. The van der Waals surface area contributed by atoms with Gasteiger partial charge in [0.1, 0.15) is 0 Å². The molecule has 0 N–H and O–H groups in total. The molecule has 0 aromatic heterocycles. The van der Waals surface area contributed by atoms with Gasteiger partial charge in [-0.1, -0.05) is 0 Å². The minimum atomic E-state index is -0.887. The Kier molecular flexibility index (Phi) is 4.47. The Morgan fingerprint density at radius 1 is 1.30 bits per heavy atom. The van der Waals surface area contributed by atoms with Crippen LogP contribution in [0.1, 0.15) is 13.3 Å². The molecule has 2 heteroatoms. The molecule has 0 saturated heterocycles. The first-order valence-corrected chi connectivity index (χ1v) is 7.73. The second-order valence-corrected chi connectivity index (χ2v) is 9.56.